The predicted octanol–water partition coefficient (Wildman–Crippen LogP) is 8.03. The minimum absolute atomic E-state index is 0.127. The first-order valence-corrected chi connectivity index (χ1v) is 13.8. The van der Waals surface area contributed by atoms with Gasteiger partial charge in [-0.15, -0.1) is 0 Å². The Morgan fingerprint density at radius 3 is 2.26 bits per heavy atom. The number of aliphatic hydroxyl groups excluding tert-OH is 1. The van der Waals surface area contributed by atoms with E-state index >= 15 is 0 Å². The third kappa shape index (κ3) is 2.65. The molecule has 0 aromatic carbocycles. The summed E-state index contributed by atoms with van der Waals surface area (Å²) >= 11 is 0. The van der Waals surface area contributed by atoms with Crippen molar-refractivity contribution in [3.8, 4) is 0 Å². The molecule has 0 amide bonds. The van der Waals surface area contributed by atoms with E-state index in [1.807, 2.05) is 5.57 Å². The van der Waals surface area contributed by atoms with Crippen molar-refractivity contribution in [3.63, 3.8) is 0 Å². The molecule has 0 aliphatic heterocycles. The number of allylic oxidation sites excluding steroid dienone is 2. The van der Waals surface area contributed by atoms with E-state index in [1.165, 1.54) is 64.2 Å². The first-order valence-electron chi connectivity index (χ1n) is 13.8. The van der Waals surface area contributed by atoms with Crippen LogP contribution in [0.25, 0.3) is 0 Å². The van der Waals surface area contributed by atoms with E-state index in [1.54, 1.807) is 0 Å². The molecule has 176 valence electrons. The van der Waals surface area contributed by atoms with Gasteiger partial charge in [-0.1, -0.05) is 66.5 Å². The zero-order valence-electron chi connectivity index (χ0n) is 21.7. The normalized spacial score (nSPS) is 56.4. The van der Waals surface area contributed by atoms with Crippen molar-refractivity contribution in [3.05, 3.63) is 11.6 Å². The molecule has 5 aliphatic carbocycles. The van der Waals surface area contributed by atoms with Crippen LogP contribution in [0, 0.1) is 56.7 Å². The van der Waals surface area contributed by atoms with Gasteiger partial charge >= 0.3 is 0 Å². The van der Waals surface area contributed by atoms with Crippen LogP contribution in [0.15, 0.2) is 11.6 Å². The molecular formula is C30H50O. The second-order valence-electron chi connectivity index (χ2n) is 14.5. The van der Waals surface area contributed by atoms with Crippen molar-refractivity contribution in [2.24, 2.45) is 56.7 Å². The lowest BCUT2D eigenvalue weighted by atomic mass is 9.36. The lowest BCUT2D eigenvalue weighted by molar-refractivity contribution is -0.159. The summed E-state index contributed by atoms with van der Waals surface area (Å²) in [5.74, 6) is 4.08. The summed E-state index contributed by atoms with van der Waals surface area (Å²) in [5, 5.41) is 10.4. The van der Waals surface area contributed by atoms with Gasteiger partial charge in [0.05, 0.1) is 0 Å². The van der Waals surface area contributed by atoms with Gasteiger partial charge in [0, 0.05) is 6.61 Å². The molecule has 1 nitrogen and oxygen atoms in total. The van der Waals surface area contributed by atoms with E-state index in [-0.39, 0.29) is 5.41 Å². The van der Waals surface area contributed by atoms with Crippen LogP contribution in [0.4, 0.5) is 0 Å². The molecule has 0 aromatic heterocycles. The van der Waals surface area contributed by atoms with Gasteiger partial charge in [-0.3, -0.25) is 0 Å². The molecule has 0 saturated heterocycles. The highest BCUT2D eigenvalue weighted by Crippen LogP contribution is 2.76. The maximum atomic E-state index is 10.4. The van der Waals surface area contributed by atoms with Crippen LogP contribution in [-0.4, -0.2) is 11.7 Å². The summed E-state index contributed by atoms with van der Waals surface area (Å²) < 4.78 is 0. The number of hydrogen-bond acceptors (Lipinski definition) is 1. The third-order valence-electron chi connectivity index (χ3n) is 13.2. The Morgan fingerprint density at radius 1 is 0.871 bits per heavy atom. The molecule has 4 saturated carbocycles. The molecule has 0 radical (unpaired) electrons. The van der Waals surface area contributed by atoms with Gasteiger partial charge in [0.25, 0.3) is 0 Å². The molecule has 5 aliphatic rings. The average Bonchev–Trinajstić information content (AvgIpc) is 3.08. The molecule has 5 rings (SSSR count). The van der Waals surface area contributed by atoms with Crippen molar-refractivity contribution in [1.82, 2.24) is 0 Å². The maximum Gasteiger partial charge on any atom is 0.0487 e. The van der Waals surface area contributed by atoms with Crippen molar-refractivity contribution < 1.29 is 5.11 Å². The van der Waals surface area contributed by atoms with E-state index in [9.17, 15) is 5.11 Å². The topological polar surface area (TPSA) is 20.2 Å². The van der Waals surface area contributed by atoms with Crippen LogP contribution < -0.4 is 0 Å². The van der Waals surface area contributed by atoms with Gasteiger partial charge in [0.1, 0.15) is 0 Å². The van der Waals surface area contributed by atoms with Crippen LogP contribution >= 0.6 is 0 Å². The molecule has 0 bridgehead atoms. The lowest BCUT2D eigenvalue weighted by Crippen LogP contribution is -2.61. The number of aliphatic hydroxyl groups is 1. The highest BCUT2D eigenvalue weighted by molar-refractivity contribution is 5.33. The van der Waals surface area contributed by atoms with E-state index in [0.29, 0.717) is 34.2 Å². The second-order valence-corrected chi connectivity index (χ2v) is 14.5. The van der Waals surface area contributed by atoms with Crippen LogP contribution in [0.5, 0.6) is 0 Å². The predicted molar refractivity (Wildman–Crippen MR) is 131 cm³/mol. The fourth-order valence-corrected chi connectivity index (χ4v) is 11.3. The van der Waals surface area contributed by atoms with Crippen LogP contribution in [0.2, 0.25) is 0 Å². The van der Waals surface area contributed by atoms with Crippen molar-refractivity contribution >= 4 is 0 Å². The lowest BCUT2D eigenvalue weighted by Gasteiger charge is -2.69. The summed E-state index contributed by atoms with van der Waals surface area (Å²) in [6, 6.07) is 0. The van der Waals surface area contributed by atoms with Gasteiger partial charge in [-0.2, -0.15) is 0 Å². The summed E-state index contributed by atoms with van der Waals surface area (Å²) in [6.07, 6.45) is 16.4. The van der Waals surface area contributed by atoms with Gasteiger partial charge in [0.15, 0.2) is 0 Å². The Labute approximate surface area is 192 Å². The van der Waals surface area contributed by atoms with Crippen LogP contribution in [0.1, 0.15) is 113 Å². The van der Waals surface area contributed by atoms with Crippen molar-refractivity contribution in [1.29, 1.82) is 0 Å². The Hall–Kier alpha value is -0.300. The minimum Gasteiger partial charge on any atom is -0.396 e. The van der Waals surface area contributed by atoms with Crippen molar-refractivity contribution in [2.45, 2.75) is 113 Å². The fourth-order valence-electron chi connectivity index (χ4n) is 11.3. The largest absolute Gasteiger partial charge is 0.396 e. The molecule has 4 fully saturated rings. The minimum atomic E-state index is 0.127. The Balaban J connectivity index is 1.55. The van der Waals surface area contributed by atoms with Crippen LogP contribution in [0.3, 0.4) is 0 Å². The highest BCUT2D eigenvalue weighted by atomic mass is 16.3. The average molecular weight is 427 g/mol. The Morgan fingerprint density at radius 2 is 1.58 bits per heavy atom. The summed E-state index contributed by atoms with van der Waals surface area (Å²) in [4.78, 5) is 0. The SMILES string of the molecule is CC(C)[C@H]1CC[C@@H]2[C@]1(C)CC[C@]1(C)[C@H]3CC[C@H]4[C@](C)(CO)CCC[C@]4(C)C3=CC[C@@]21C. The zero-order chi connectivity index (χ0) is 22.4. The summed E-state index contributed by atoms with van der Waals surface area (Å²) in [6.45, 7) is 18.5. The molecule has 1 heteroatoms. The summed E-state index contributed by atoms with van der Waals surface area (Å²) in [7, 11) is 0. The van der Waals surface area contributed by atoms with Crippen LogP contribution in [-0.2, 0) is 0 Å². The molecule has 0 aromatic rings. The molecule has 0 unspecified atom stereocenters. The van der Waals surface area contributed by atoms with Gasteiger partial charge in [0.2, 0.25) is 0 Å². The quantitative estimate of drug-likeness (QED) is 0.443. The molecule has 0 spiro atoms. The van der Waals surface area contributed by atoms with E-state index in [4.69, 9.17) is 0 Å². The van der Waals surface area contributed by atoms with Gasteiger partial charge in [-0.25, -0.2) is 0 Å². The third-order valence-corrected chi connectivity index (χ3v) is 13.2. The Bertz CT molecular complexity index is 766. The van der Waals surface area contributed by atoms with Crippen molar-refractivity contribution in [2.75, 3.05) is 6.61 Å². The monoisotopic (exact) mass is 426 g/mol. The summed E-state index contributed by atoms with van der Waals surface area (Å²) in [5.41, 5.74) is 3.74. The standard InChI is InChI=1S/C30H50O/c1-20(2)21-9-12-25-28(21,5)17-18-29(6)23-10-11-24-26(3,19-31)14-8-15-27(24,4)22(23)13-16-30(25,29)7/h13,20-21,23-25,31H,8-12,14-19H2,1-7H3/t21-,23+,24+,25-,26+,27-,28-,29-,30+/m1/s1. The molecule has 31 heavy (non-hydrogen) atoms. The fraction of sp³-hybridized carbons (Fsp3) is 0.933. The molecular weight excluding hydrogens is 376 g/mol. The maximum absolute atomic E-state index is 10.4. The van der Waals surface area contributed by atoms with E-state index < -0.39 is 0 Å². The van der Waals surface area contributed by atoms with E-state index in [0.717, 1.165) is 23.7 Å². The smallest absolute Gasteiger partial charge is 0.0487 e. The first kappa shape index (κ1) is 22.5. The van der Waals surface area contributed by atoms with E-state index in [2.05, 4.69) is 54.5 Å². The molecule has 0 heterocycles. The number of hydrogen-bond donors (Lipinski definition) is 1. The van der Waals surface area contributed by atoms with Gasteiger partial charge < -0.3 is 5.11 Å². The molecule has 1 N–H and O–H groups in total. The zero-order valence-corrected chi connectivity index (χ0v) is 21.7. The second kappa shape index (κ2) is 6.86. The van der Waals surface area contributed by atoms with Gasteiger partial charge in [-0.05, 0) is 114 Å². The first-order chi connectivity index (χ1) is 14.5. The number of rotatable bonds is 2. The Kier molecular flexibility index (Phi) is 4.98. The number of fused-ring (bicyclic) bond motifs is 7. The highest BCUT2D eigenvalue weighted by Gasteiger charge is 2.68. The molecule has 9 atom stereocenters.